The van der Waals surface area contributed by atoms with Gasteiger partial charge >= 0.3 is 0 Å². The summed E-state index contributed by atoms with van der Waals surface area (Å²) in [4.78, 5) is 17.5. The van der Waals surface area contributed by atoms with E-state index in [0.717, 1.165) is 36.9 Å². The zero-order valence-electron chi connectivity index (χ0n) is 17.2. The Morgan fingerprint density at radius 2 is 1.58 bits per heavy atom. The first-order valence-corrected chi connectivity index (χ1v) is 10.5. The van der Waals surface area contributed by atoms with Crippen LogP contribution in [0.5, 0.6) is 23.0 Å². The highest BCUT2D eigenvalue weighted by Crippen LogP contribution is 2.33. The van der Waals surface area contributed by atoms with Gasteiger partial charge in [-0.15, -0.1) is 0 Å². The lowest BCUT2D eigenvalue weighted by Crippen LogP contribution is -2.48. The van der Waals surface area contributed by atoms with Gasteiger partial charge in [0.1, 0.15) is 11.5 Å². The van der Waals surface area contributed by atoms with Gasteiger partial charge in [-0.3, -0.25) is 9.69 Å². The third-order valence-electron chi connectivity index (χ3n) is 5.59. The number of hydrogen-bond acceptors (Lipinski definition) is 5. The number of ether oxygens (including phenoxy) is 3. The Bertz CT molecular complexity index is 1060. The summed E-state index contributed by atoms with van der Waals surface area (Å²) in [5, 5.41) is 0. The molecule has 2 aliphatic rings. The van der Waals surface area contributed by atoms with E-state index in [4.69, 9.17) is 14.2 Å². The highest BCUT2D eigenvalue weighted by molar-refractivity contribution is 5.97. The predicted octanol–water partition coefficient (Wildman–Crippen LogP) is 4.17. The van der Waals surface area contributed by atoms with Crippen molar-refractivity contribution in [2.75, 3.05) is 33.0 Å². The van der Waals surface area contributed by atoms with Gasteiger partial charge in [0.15, 0.2) is 11.5 Å². The first kappa shape index (κ1) is 19.5. The van der Waals surface area contributed by atoms with Crippen LogP contribution in [0, 0.1) is 0 Å². The lowest BCUT2D eigenvalue weighted by Gasteiger charge is -2.35. The lowest BCUT2D eigenvalue weighted by atomic mass is 10.1. The summed E-state index contributed by atoms with van der Waals surface area (Å²) in [6.45, 7) is 4.12. The van der Waals surface area contributed by atoms with Crippen LogP contribution >= 0.6 is 0 Å². The SMILES string of the molecule is O=C(c1ccccc1Oc1ccccc1)N1CCN(Cc2ccc3c(c2)OCO3)CC1. The number of hydrogen-bond donors (Lipinski definition) is 0. The molecular formula is C25H24N2O4. The Labute approximate surface area is 181 Å². The standard InChI is InChI=1S/C25H24N2O4/c28-25(21-8-4-5-9-22(21)31-20-6-2-1-3-7-20)27-14-12-26(13-15-27)17-19-10-11-23-24(16-19)30-18-29-23/h1-11,16H,12-15,17-18H2. The first-order valence-electron chi connectivity index (χ1n) is 10.5. The fraction of sp³-hybridized carbons (Fsp3) is 0.240. The zero-order chi connectivity index (χ0) is 21.0. The van der Waals surface area contributed by atoms with Crippen molar-refractivity contribution in [3.63, 3.8) is 0 Å². The summed E-state index contributed by atoms with van der Waals surface area (Å²) in [6, 6.07) is 23.0. The largest absolute Gasteiger partial charge is 0.457 e. The van der Waals surface area contributed by atoms with Crippen LogP contribution in [0.3, 0.4) is 0 Å². The van der Waals surface area contributed by atoms with Gasteiger partial charge in [-0.25, -0.2) is 0 Å². The van der Waals surface area contributed by atoms with E-state index < -0.39 is 0 Å². The van der Waals surface area contributed by atoms with Crippen LogP contribution in [0.15, 0.2) is 72.8 Å². The minimum absolute atomic E-state index is 0.00857. The van der Waals surface area contributed by atoms with E-state index >= 15 is 0 Å². The van der Waals surface area contributed by atoms with Crippen molar-refractivity contribution >= 4 is 5.91 Å². The van der Waals surface area contributed by atoms with Crippen molar-refractivity contribution in [2.24, 2.45) is 0 Å². The smallest absolute Gasteiger partial charge is 0.257 e. The molecule has 5 rings (SSSR count). The Balaban J connectivity index is 1.21. The normalized spacial score (nSPS) is 15.7. The van der Waals surface area contributed by atoms with Crippen LogP contribution in [-0.2, 0) is 6.54 Å². The predicted molar refractivity (Wildman–Crippen MR) is 117 cm³/mol. The molecule has 0 radical (unpaired) electrons. The van der Waals surface area contributed by atoms with Gasteiger partial charge in [0.25, 0.3) is 5.91 Å². The number of benzene rings is 3. The molecule has 0 spiro atoms. The molecule has 1 amide bonds. The molecule has 0 saturated carbocycles. The molecule has 6 nitrogen and oxygen atoms in total. The number of amides is 1. The number of nitrogens with zero attached hydrogens (tertiary/aromatic N) is 2. The van der Waals surface area contributed by atoms with E-state index in [0.29, 0.717) is 24.4 Å². The van der Waals surface area contributed by atoms with E-state index in [-0.39, 0.29) is 12.7 Å². The Hall–Kier alpha value is -3.51. The highest BCUT2D eigenvalue weighted by Gasteiger charge is 2.25. The van der Waals surface area contributed by atoms with E-state index in [1.165, 1.54) is 5.56 Å². The van der Waals surface area contributed by atoms with Gasteiger partial charge in [0, 0.05) is 32.7 Å². The molecule has 6 heteroatoms. The topological polar surface area (TPSA) is 51.2 Å². The average molecular weight is 416 g/mol. The van der Waals surface area contributed by atoms with E-state index in [9.17, 15) is 4.79 Å². The maximum atomic E-state index is 13.2. The molecule has 0 aromatic heterocycles. The van der Waals surface area contributed by atoms with Crippen LogP contribution < -0.4 is 14.2 Å². The number of piperazine rings is 1. The maximum absolute atomic E-state index is 13.2. The van der Waals surface area contributed by atoms with Gasteiger partial charge in [0.05, 0.1) is 5.56 Å². The molecule has 0 unspecified atom stereocenters. The minimum atomic E-state index is 0.00857. The third-order valence-corrected chi connectivity index (χ3v) is 5.59. The van der Waals surface area contributed by atoms with Crippen LogP contribution in [0.2, 0.25) is 0 Å². The molecule has 2 aliphatic heterocycles. The summed E-state index contributed by atoms with van der Waals surface area (Å²) in [5.74, 6) is 2.92. The second-order valence-corrected chi connectivity index (χ2v) is 7.67. The third kappa shape index (κ3) is 4.34. The summed E-state index contributed by atoms with van der Waals surface area (Å²) < 4.78 is 16.8. The maximum Gasteiger partial charge on any atom is 0.257 e. The second kappa shape index (κ2) is 8.70. The van der Waals surface area contributed by atoms with Crippen LogP contribution in [0.4, 0.5) is 0 Å². The van der Waals surface area contributed by atoms with Gasteiger partial charge in [-0.2, -0.15) is 0 Å². The molecular weight excluding hydrogens is 392 g/mol. The quantitative estimate of drug-likeness (QED) is 0.625. The van der Waals surface area contributed by atoms with Gasteiger partial charge in [0.2, 0.25) is 6.79 Å². The second-order valence-electron chi connectivity index (χ2n) is 7.67. The van der Waals surface area contributed by atoms with Crippen LogP contribution in [0.25, 0.3) is 0 Å². The summed E-state index contributed by atoms with van der Waals surface area (Å²) in [7, 11) is 0. The summed E-state index contributed by atoms with van der Waals surface area (Å²) >= 11 is 0. The fourth-order valence-electron chi connectivity index (χ4n) is 3.92. The Morgan fingerprint density at radius 3 is 2.42 bits per heavy atom. The molecule has 0 bridgehead atoms. The van der Waals surface area contributed by atoms with Crippen molar-refractivity contribution in [2.45, 2.75) is 6.54 Å². The lowest BCUT2D eigenvalue weighted by molar-refractivity contribution is 0.0626. The number of para-hydroxylation sites is 2. The Morgan fingerprint density at radius 1 is 0.839 bits per heavy atom. The molecule has 0 N–H and O–H groups in total. The van der Waals surface area contributed by atoms with Crippen LogP contribution in [0.1, 0.15) is 15.9 Å². The molecule has 1 saturated heterocycles. The number of carbonyl (C=O) groups excluding carboxylic acids is 1. The summed E-state index contributed by atoms with van der Waals surface area (Å²) in [5.41, 5.74) is 1.78. The molecule has 2 heterocycles. The fourth-order valence-corrected chi connectivity index (χ4v) is 3.92. The monoisotopic (exact) mass is 416 g/mol. The zero-order valence-corrected chi connectivity index (χ0v) is 17.2. The van der Waals surface area contributed by atoms with Crippen molar-refractivity contribution in [3.8, 4) is 23.0 Å². The van der Waals surface area contributed by atoms with Crippen molar-refractivity contribution in [1.82, 2.24) is 9.80 Å². The van der Waals surface area contributed by atoms with Crippen molar-refractivity contribution in [1.29, 1.82) is 0 Å². The molecule has 158 valence electrons. The molecule has 1 fully saturated rings. The number of carbonyl (C=O) groups is 1. The molecule has 3 aromatic rings. The van der Waals surface area contributed by atoms with Crippen molar-refractivity contribution in [3.05, 3.63) is 83.9 Å². The number of rotatable bonds is 5. The molecule has 3 aromatic carbocycles. The van der Waals surface area contributed by atoms with Crippen molar-refractivity contribution < 1.29 is 19.0 Å². The molecule has 0 aliphatic carbocycles. The number of fused-ring (bicyclic) bond motifs is 1. The molecule has 31 heavy (non-hydrogen) atoms. The molecule has 0 atom stereocenters. The average Bonchev–Trinajstić information content (AvgIpc) is 3.28. The van der Waals surface area contributed by atoms with E-state index in [1.807, 2.05) is 71.6 Å². The Kier molecular flexibility index (Phi) is 5.46. The van der Waals surface area contributed by atoms with Gasteiger partial charge < -0.3 is 19.1 Å². The highest BCUT2D eigenvalue weighted by atomic mass is 16.7. The van der Waals surface area contributed by atoms with Gasteiger partial charge in [-0.1, -0.05) is 36.4 Å². The summed E-state index contributed by atoms with van der Waals surface area (Å²) in [6.07, 6.45) is 0. The van der Waals surface area contributed by atoms with E-state index in [1.54, 1.807) is 0 Å². The van der Waals surface area contributed by atoms with Crippen LogP contribution in [-0.4, -0.2) is 48.7 Å². The van der Waals surface area contributed by atoms with E-state index in [2.05, 4.69) is 11.0 Å². The van der Waals surface area contributed by atoms with Gasteiger partial charge in [-0.05, 0) is 42.0 Å². The first-order chi connectivity index (χ1) is 15.3. The minimum Gasteiger partial charge on any atom is -0.457 e.